The summed E-state index contributed by atoms with van der Waals surface area (Å²) < 4.78 is 11.8. The van der Waals surface area contributed by atoms with Gasteiger partial charge in [-0.25, -0.2) is 4.68 Å². The highest BCUT2D eigenvalue weighted by molar-refractivity contribution is 5.81. The number of nitrogen functional groups attached to an aromatic ring is 1. The molecule has 0 spiro atoms. The molecule has 2 aromatic rings. The maximum absolute atomic E-state index is 12.4. The first kappa shape index (κ1) is 15.9. The molecule has 1 aromatic heterocycles. The summed E-state index contributed by atoms with van der Waals surface area (Å²) in [6.45, 7) is 3.64. The van der Waals surface area contributed by atoms with Crippen LogP contribution in [0.3, 0.4) is 0 Å². The summed E-state index contributed by atoms with van der Waals surface area (Å²) in [6.07, 6.45) is 2.14. The van der Waals surface area contributed by atoms with Crippen molar-refractivity contribution < 1.29 is 14.3 Å². The molecule has 1 unspecified atom stereocenters. The summed E-state index contributed by atoms with van der Waals surface area (Å²) >= 11 is 0. The smallest absolute Gasteiger partial charge is 0.250 e. The Kier molecular flexibility index (Phi) is 4.70. The normalized spacial score (nSPS) is 12.0. The van der Waals surface area contributed by atoms with Crippen LogP contribution in [0.2, 0.25) is 0 Å². The molecule has 2 N–H and O–H groups in total. The molecule has 1 heterocycles. The molecule has 0 bridgehead atoms. The van der Waals surface area contributed by atoms with Gasteiger partial charge in [0.05, 0.1) is 31.8 Å². The van der Waals surface area contributed by atoms with Gasteiger partial charge in [-0.15, -0.1) is 0 Å². The molecular weight excluding hydrogens is 282 g/mol. The van der Waals surface area contributed by atoms with E-state index in [2.05, 4.69) is 5.10 Å². The van der Waals surface area contributed by atoms with Crippen LogP contribution in [0.25, 0.3) is 0 Å². The van der Waals surface area contributed by atoms with Crippen molar-refractivity contribution in [1.29, 1.82) is 0 Å². The maximum atomic E-state index is 12.4. The van der Waals surface area contributed by atoms with Gasteiger partial charge in [0.2, 0.25) is 5.91 Å². The van der Waals surface area contributed by atoms with Crippen LogP contribution < -0.4 is 15.2 Å². The van der Waals surface area contributed by atoms with Crippen LogP contribution in [0.1, 0.15) is 23.0 Å². The van der Waals surface area contributed by atoms with E-state index in [1.54, 1.807) is 27.3 Å². The van der Waals surface area contributed by atoms with Gasteiger partial charge in [-0.05, 0) is 31.0 Å². The lowest BCUT2D eigenvalue weighted by atomic mass is 10.00. The zero-order valence-corrected chi connectivity index (χ0v) is 13.3. The van der Waals surface area contributed by atoms with Crippen LogP contribution in [0.15, 0.2) is 24.4 Å². The third-order valence-corrected chi connectivity index (χ3v) is 3.57. The summed E-state index contributed by atoms with van der Waals surface area (Å²) in [6, 6.07) is 5.64. The van der Waals surface area contributed by atoms with Crippen molar-refractivity contribution >= 4 is 11.6 Å². The molecule has 0 aliphatic carbocycles. The summed E-state index contributed by atoms with van der Waals surface area (Å²) in [7, 11) is 3.18. The number of aromatic nitrogens is 2. The van der Waals surface area contributed by atoms with E-state index in [-0.39, 0.29) is 11.8 Å². The van der Waals surface area contributed by atoms with Crippen LogP contribution >= 0.6 is 0 Å². The van der Waals surface area contributed by atoms with Gasteiger partial charge in [0, 0.05) is 5.92 Å². The quantitative estimate of drug-likeness (QED) is 0.917. The minimum atomic E-state index is -0.225. The third kappa shape index (κ3) is 3.21. The highest BCUT2D eigenvalue weighted by Gasteiger charge is 2.18. The Morgan fingerprint density at radius 2 is 2.00 bits per heavy atom. The Morgan fingerprint density at radius 1 is 1.32 bits per heavy atom. The van der Waals surface area contributed by atoms with Crippen molar-refractivity contribution in [2.75, 3.05) is 20.0 Å². The molecule has 1 aromatic carbocycles. The van der Waals surface area contributed by atoms with Gasteiger partial charge in [-0.1, -0.05) is 13.0 Å². The average molecular weight is 303 g/mol. The summed E-state index contributed by atoms with van der Waals surface area (Å²) in [4.78, 5) is 12.4. The Morgan fingerprint density at radius 3 is 2.55 bits per heavy atom. The predicted molar refractivity (Wildman–Crippen MR) is 84.4 cm³/mol. The lowest BCUT2D eigenvalue weighted by Gasteiger charge is -2.13. The summed E-state index contributed by atoms with van der Waals surface area (Å²) in [5.41, 5.74) is 7.91. The summed E-state index contributed by atoms with van der Waals surface area (Å²) in [5, 5.41) is 4.13. The fourth-order valence-electron chi connectivity index (χ4n) is 2.26. The number of carbonyl (C=O) groups is 1. The second-order valence-corrected chi connectivity index (χ2v) is 5.25. The van der Waals surface area contributed by atoms with E-state index < -0.39 is 0 Å². The minimum Gasteiger partial charge on any atom is -0.493 e. The van der Waals surface area contributed by atoms with E-state index in [1.807, 2.05) is 25.1 Å². The number of hydrogen-bond acceptors (Lipinski definition) is 5. The zero-order chi connectivity index (χ0) is 16.3. The second-order valence-electron chi connectivity index (χ2n) is 5.25. The Balaban J connectivity index is 2.14. The first-order valence-corrected chi connectivity index (χ1v) is 7.03. The van der Waals surface area contributed by atoms with E-state index in [0.717, 1.165) is 5.56 Å². The number of nitrogens with zero attached hydrogens (tertiary/aromatic N) is 2. The van der Waals surface area contributed by atoms with Crippen molar-refractivity contribution in [3.63, 3.8) is 0 Å². The van der Waals surface area contributed by atoms with Gasteiger partial charge in [0.25, 0.3) is 0 Å². The Hall–Kier alpha value is -2.50. The monoisotopic (exact) mass is 303 g/mol. The number of aryl methyl sites for hydroxylation is 1. The molecule has 0 radical (unpaired) electrons. The fourth-order valence-corrected chi connectivity index (χ4v) is 2.26. The largest absolute Gasteiger partial charge is 0.493 e. The Bertz CT molecular complexity index is 660. The minimum absolute atomic E-state index is 0.0883. The second kappa shape index (κ2) is 6.51. The molecule has 0 saturated carbocycles. The topological polar surface area (TPSA) is 79.4 Å². The third-order valence-electron chi connectivity index (χ3n) is 3.57. The molecule has 0 saturated heterocycles. The number of nitrogens with two attached hydrogens (primary N) is 1. The van der Waals surface area contributed by atoms with Gasteiger partial charge in [0.15, 0.2) is 11.5 Å². The maximum Gasteiger partial charge on any atom is 0.250 e. The first-order valence-electron chi connectivity index (χ1n) is 7.03. The molecule has 6 nitrogen and oxygen atoms in total. The number of benzene rings is 1. The van der Waals surface area contributed by atoms with E-state index in [9.17, 15) is 4.79 Å². The van der Waals surface area contributed by atoms with Crippen LogP contribution in [-0.2, 0) is 6.42 Å². The highest BCUT2D eigenvalue weighted by Crippen LogP contribution is 2.28. The van der Waals surface area contributed by atoms with Crippen molar-refractivity contribution in [2.45, 2.75) is 20.3 Å². The number of anilines is 1. The van der Waals surface area contributed by atoms with Crippen LogP contribution in [-0.4, -0.2) is 29.9 Å². The van der Waals surface area contributed by atoms with E-state index in [0.29, 0.717) is 29.3 Å². The molecule has 6 heteroatoms. The number of carbonyl (C=O) groups excluding carboxylic acids is 1. The number of ether oxygens (including phenoxy) is 2. The van der Waals surface area contributed by atoms with Gasteiger partial charge < -0.3 is 15.2 Å². The fraction of sp³-hybridized carbons (Fsp3) is 0.375. The predicted octanol–water partition coefficient (Wildman–Crippen LogP) is 2.31. The molecule has 0 fully saturated rings. The lowest BCUT2D eigenvalue weighted by Crippen LogP contribution is -2.21. The number of methoxy groups -OCH3 is 2. The standard InChI is InChI=1S/C16H21N3O3/c1-10(16(20)19-9-13(17)11(2)18-19)7-12-5-6-14(21-3)15(8-12)22-4/h5-6,8-10H,7,17H2,1-4H3. The summed E-state index contributed by atoms with van der Waals surface area (Å²) in [5.74, 6) is 1.01. The van der Waals surface area contributed by atoms with Crippen molar-refractivity contribution in [3.8, 4) is 11.5 Å². The van der Waals surface area contributed by atoms with Gasteiger partial charge >= 0.3 is 0 Å². The van der Waals surface area contributed by atoms with E-state index in [4.69, 9.17) is 15.2 Å². The lowest BCUT2D eigenvalue weighted by molar-refractivity contribution is 0.0827. The zero-order valence-electron chi connectivity index (χ0n) is 13.3. The van der Waals surface area contributed by atoms with E-state index in [1.165, 1.54) is 4.68 Å². The van der Waals surface area contributed by atoms with Gasteiger partial charge in [-0.2, -0.15) is 5.10 Å². The first-order chi connectivity index (χ1) is 10.5. The number of hydrogen-bond donors (Lipinski definition) is 1. The molecule has 0 amide bonds. The molecule has 0 aliphatic heterocycles. The van der Waals surface area contributed by atoms with Crippen molar-refractivity contribution in [3.05, 3.63) is 35.7 Å². The van der Waals surface area contributed by atoms with Crippen LogP contribution in [0.5, 0.6) is 11.5 Å². The molecule has 2 rings (SSSR count). The molecule has 1 atom stereocenters. The SMILES string of the molecule is COc1ccc(CC(C)C(=O)n2cc(N)c(C)n2)cc1OC. The molecular formula is C16H21N3O3. The molecule has 118 valence electrons. The molecule has 22 heavy (non-hydrogen) atoms. The van der Waals surface area contributed by atoms with Crippen LogP contribution in [0.4, 0.5) is 5.69 Å². The number of rotatable bonds is 5. The Labute approximate surface area is 129 Å². The molecule has 0 aliphatic rings. The van der Waals surface area contributed by atoms with Crippen LogP contribution in [0, 0.1) is 12.8 Å². The van der Waals surface area contributed by atoms with E-state index >= 15 is 0 Å². The van der Waals surface area contributed by atoms with Gasteiger partial charge in [-0.3, -0.25) is 4.79 Å². The van der Waals surface area contributed by atoms with Crippen molar-refractivity contribution in [2.24, 2.45) is 5.92 Å². The van der Waals surface area contributed by atoms with Crippen molar-refractivity contribution in [1.82, 2.24) is 9.78 Å². The van der Waals surface area contributed by atoms with Gasteiger partial charge in [0.1, 0.15) is 0 Å². The highest BCUT2D eigenvalue weighted by atomic mass is 16.5. The average Bonchev–Trinajstić information content (AvgIpc) is 2.85.